The number of hydrogen-bond donors (Lipinski definition) is 2. The molecule has 45 heavy (non-hydrogen) atoms. The van der Waals surface area contributed by atoms with E-state index in [-0.39, 0.29) is 47.6 Å². The second-order valence-corrected chi connectivity index (χ2v) is 14.6. The summed E-state index contributed by atoms with van der Waals surface area (Å²) in [6.45, 7) is 8.95. The van der Waals surface area contributed by atoms with Gasteiger partial charge >= 0.3 is 0 Å². The Labute approximate surface area is 280 Å². The molecule has 0 radical (unpaired) electrons. The van der Waals surface area contributed by atoms with Gasteiger partial charge in [-0.05, 0) is 76.8 Å². The number of piperidine rings is 1. The molecule has 2 amide bonds. The van der Waals surface area contributed by atoms with Crippen LogP contribution >= 0.6 is 24.8 Å². The van der Waals surface area contributed by atoms with Gasteiger partial charge in [-0.1, -0.05) is 45.4 Å². The zero-order valence-electron chi connectivity index (χ0n) is 27.0. The number of aromatic nitrogens is 2. The molecule has 1 spiro atoms. The number of carbonyl (C=O) groups is 2. The van der Waals surface area contributed by atoms with Crippen molar-refractivity contribution >= 4 is 46.7 Å². The highest BCUT2D eigenvalue weighted by molar-refractivity contribution is 7.89. The fraction of sp³-hybridized carbons (Fsp3) is 0.656. The first kappa shape index (κ1) is 37.3. The molecule has 2 N–H and O–H groups in total. The summed E-state index contributed by atoms with van der Waals surface area (Å²) in [4.78, 5) is 32.2. The lowest BCUT2D eigenvalue weighted by Gasteiger charge is -2.52. The first-order valence-electron chi connectivity index (χ1n) is 16.0. The van der Waals surface area contributed by atoms with E-state index in [4.69, 9.17) is 5.10 Å². The van der Waals surface area contributed by atoms with Crippen LogP contribution in [0, 0.1) is 19.8 Å². The Balaban J connectivity index is 0.00000276. The Morgan fingerprint density at radius 2 is 1.67 bits per heavy atom. The molecule has 0 unspecified atom stereocenters. The summed E-state index contributed by atoms with van der Waals surface area (Å²) in [7, 11) is -2.11. The van der Waals surface area contributed by atoms with Crippen molar-refractivity contribution in [3.05, 3.63) is 41.2 Å². The summed E-state index contributed by atoms with van der Waals surface area (Å²) in [6.07, 6.45) is 9.95. The molecule has 3 aliphatic rings. The lowest BCUT2D eigenvalue weighted by molar-refractivity contribution is -0.162. The van der Waals surface area contributed by atoms with E-state index in [1.165, 1.54) is 26.3 Å². The fourth-order valence-corrected chi connectivity index (χ4v) is 8.00. The number of benzene rings is 1. The Hall–Kier alpha value is -2.18. The van der Waals surface area contributed by atoms with Crippen molar-refractivity contribution in [2.24, 2.45) is 5.92 Å². The number of carbonyl (C=O) groups excluding carboxylic acids is 2. The second kappa shape index (κ2) is 15.6. The first-order chi connectivity index (χ1) is 20.6. The molecule has 1 aromatic carbocycles. The third-order valence-corrected chi connectivity index (χ3v) is 11.4. The van der Waals surface area contributed by atoms with Crippen LogP contribution in [-0.2, 0) is 26.2 Å². The SMILES string of the molecule is CCCCN1C(=O)[C@H](CC2CCCCC2)NC(=O)C12CCN(Cc1c(C)nn(-c3ccc(S(=O)(=O)NC)cc3)c1C)CC2.Cl.Cl. The van der Waals surface area contributed by atoms with Crippen molar-refractivity contribution < 1.29 is 18.0 Å². The van der Waals surface area contributed by atoms with E-state index in [0.717, 1.165) is 67.8 Å². The predicted octanol–water partition coefficient (Wildman–Crippen LogP) is 4.67. The van der Waals surface area contributed by atoms with Crippen LogP contribution in [0.4, 0.5) is 0 Å². The number of hydrogen-bond acceptors (Lipinski definition) is 6. The highest BCUT2D eigenvalue weighted by Gasteiger charge is 2.53. The van der Waals surface area contributed by atoms with E-state index >= 15 is 0 Å². The van der Waals surface area contributed by atoms with Crippen LogP contribution in [0.25, 0.3) is 5.69 Å². The van der Waals surface area contributed by atoms with E-state index in [0.29, 0.717) is 31.8 Å². The van der Waals surface area contributed by atoms with Gasteiger partial charge in [0.15, 0.2) is 0 Å². The molecule has 252 valence electrons. The molecule has 2 saturated heterocycles. The Bertz CT molecular complexity index is 1420. The molecule has 2 aliphatic heterocycles. The minimum Gasteiger partial charge on any atom is -0.342 e. The maximum absolute atomic E-state index is 13.9. The molecule has 3 heterocycles. The number of unbranched alkanes of at least 4 members (excludes halogenated alkanes) is 1. The van der Waals surface area contributed by atoms with Crippen molar-refractivity contribution in [3.63, 3.8) is 0 Å². The van der Waals surface area contributed by atoms with Crippen LogP contribution in [-0.4, -0.2) is 78.1 Å². The molecular formula is C32H50Cl2N6O4S. The molecule has 3 fully saturated rings. The van der Waals surface area contributed by atoms with Crippen LogP contribution in [0.1, 0.15) is 88.1 Å². The van der Waals surface area contributed by atoms with Crippen molar-refractivity contribution in [2.45, 2.75) is 108 Å². The van der Waals surface area contributed by atoms with Crippen molar-refractivity contribution in [2.75, 3.05) is 26.7 Å². The molecule has 13 heteroatoms. The van der Waals surface area contributed by atoms with Gasteiger partial charge in [0.1, 0.15) is 11.6 Å². The van der Waals surface area contributed by atoms with E-state index in [1.807, 2.05) is 23.4 Å². The maximum atomic E-state index is 13.9. The van der Waals surface area contributed by atoms with E-state index in [1.54, 1.807) is 24.3 Å². The minimum atomic E-state index is -3.51. The zero-order chi connectivity index (χ0) is 30.8. The standard InChI is InChI=1S/C32H48N6O4S.2ClH/c1-5-6-18-37-30(39)29(21-25-10-8-7-9-11-25)34-31(40)32(37)16-19-36(20-17-32)22-28-23(2)35-38(24(28)3)26-12-14-27(15-13-26)43(41,42)33-4;;/h12-15,25,29,33H,5-11,16-22H2,1-4H3,(H,34,40);2*1H/t29-;;/m0../s1. The summed E-state index contributed by atoms with van der Waals surface area (Å²) in [5.74, 6) is 0.680. The summed E-state index contributed by atoms with van der Waals surface area (Å²) >= 11 is 0. The van der Waals surface area contributed by atoms with Crippen molar-refractivity contribution in [1.29, 1.82) is 0 Å². The van der Waals surface area contributed by atoms with Crippen molar-refractivity contribution in [3.8, 4) is 5.69 Å². The molecule has 1 aliphatic carbocycles. The Kier molecular flexibility index (Phi) is 12.9. The molecule has 5 rings (SSSR count). The van der Waals surface area contributed by atoms with Gasteiger partial charge < -0.3 is 10.2 Å². The average Bonchev–Trinajstić information content (AvgIpc) is 3.29. The van der Waals surface area contributed by atoms with E-state index in [9.17, 15) is 18.0 Å². The van der Waals surface area contributed by atoms with E-state index in [2.05, 4.69) is 21.9 Å². The lowest BCUT2D eigenvalue weighted by atomic mass is 9.79. The minimum absolute atomic E-state index is 0. The number of halogens is 2. The van der Waals surface area contributed by atoms with E-state index < -0.39 is 15.6 Å². The van der Waals surface area contributed by atoms with Crippen LogP contribution < -0.4 is 10.0 Å². The third kappa shape index (κ3) is 7.70. The summed E-state index contributed by atoms with van der Waals surface area (Å²) in [6, 6.07) is 6.32. The highest BCUT2D eigenvalue weighted by Crippen LogP contribution is 2.36. The topological polar surface area (TPSA) is 117 Å². The summed E-state index contributed by atoms with van der Waals surface area (Å²) in [5, 5.41) is 7.97. The molecule has 2 aromatic rings. The van der Waals surface area contributed by atoms with Crippen molar-refractivity contribution in [1.82, 2.24) is 29.6 Å². The maximum Gasteiger partial charge on any atom is 0.246 e. The largest absolute Gasteiger partial charge is 0.342 e. The number of sulfonamides is 1. The number of piperazine rings is 1. The van der Waals surface area contributed by atoms with Gasteiger partial charge in [-0.15, -0.1) is 24.8 Å². The monoisotopic (exact) mass is 684 g/mol. The number of aryl methyl sites for hydroxylation is 1. The molecule has 1 saturated carbocycles. The van der Waals surface area contributed by atoms with Gasteiger partial charge in [0.05, 0.1) is 16.3 Å². The van der Waals surface area contributed by atoms with Gasteiger partial charge in [-0.2, -0.15) is 5.10 Å². The number of rotatable bonds is 10. The fourth-order valence-electron chi connectivity index (χ4n) is 7.27. The molecular weight excluding hydrogens is 635 g/mol. The van der Waals surface area contributed by atoms with Gasteiger partial charge in [0.25, 0.3) is 0 Å². The Morgan fingerprint density at radius 1 is 1.02 bits per heavy atom. The van der Waals surface area contributed by atoms with Gasteiger partial charge in [0, 0.05) is 37.4 Å². The molecule has 0 bridgehead atoms. The van der Waals surface area contributed by atoms with Crippen LogP contribution in [0.3, 0.4) is 0 Å². The predicted molar refractivity (Wildman–Crippen MR) is 181 cm³/mol. The molecule has 10 nitrogen and oxygen atoms in total. The second-order valence-electron chi connectivity index (χ2n) is 12.7. The first-order valence-corrected chi connectivity index (χ1v) is 17.5. The molecule has 1 atom stereocenters. The van der Waals surface area contributed by atoms with Crippen LogP contribution in [0.2, 0.25) is 0 Å². The van der Waals surface area contributed by atoms with Crippen LogP contribution in [0.5, 0.6) is 0 Å². The van der Waals surface area contributed by atoms with Gasteiger partial charge in [-0.25, -0.2) is 17.8 Å². The summed E-state index contributed by atoms with van der Waals surface area (Å²) in [5.41, 5.74) is 3.08. The zero-order valence-corrected chi connectivity index (χ0v) is 29.5. The quantitative estimate of drug-likeness (QED) is 0.376. The van der Waals surface area contributed by atoms with Gasteiger partial charge in [-0.3, -0.25) is 14.5 Å². The Morgan fingerprint density at radius 3 is 2.27 bits per heavy atom. The average molecular weight is 686 g/mol. The number of likely N-dealkylation sites (tertiary alicyclic amines) is 1. The van der Waals surface area contributed by atoms with Crippen LogP contribution in [0.15, 0.2) is 29.2 Å². The highest BCUT2D eigenvalue weighted by atomic mass is 35.5. The number of nitrogens with zero attached hydrogens (tertiary/aromatic N) is 4. The molecule has 1 aromatic heterocycles. The smallest absolute Gasteiger partial charge is 0.246 e. The third-order valence-electron chi connectivity index (χ3n) is 10.0. The number of amides is 2. The van der Waals surface area contributed by atoms with Gasteiger partial charge in [0.2, 0.25) is 21.8 Å². The summed E-state index contributed by atoms with van der Waals surface area (Å²) < 4.78 is 28.5. The number of nitrogens with one attached hydrogen (secondary N) is 2. The lowest BCUT2D eigenvalue weighted by Crippen LogP contribution is -2.73. The normalized spacial score (nSPS) is 20.9.